The van der Waals surface area contributed by atoms with Crippen molar-refractivity contribution in [2.24, 2.45) is 5.92 Å². The first-order valence-corrected chi connectivity index (χ1v) is 7.51. The predicted octanol–water partition coefficient (Wildman–Crippen LogP) is 1.55. The van der Waals surface area contributed by atoms with Gasteiger partial charge in [-0.3, -0.25) is 4.84 Å². The average molecular weight is 305 g/mol. The fourth-order valence-corrected chi connectivity index (χ4v) is 2.87. The van der Waals surface area contributed by atoms with Crippen molar-refractivity contribution >= 4 is 16.0 Å². The molecule has 1 aromatic rings. The first-order valence-electron chi connectivity index (χ1n) is 6.02. The van der Waals surface area contributed by atoms with E-state index < -0.39 is 16.0 Å². The van der Waals surface area contributed by atoms with Crippen LogP contribution in [0.5, 0.6) is 0 Å². The Balaban J connectivity index is 3.15. The molecular formula is C12H19NO6S. The van der Waals surface area contributed by atoms with Crippen LogP contribution in [0.15, 0.2) is 9.31 Å². The van der Waals surface area contributed by atoms with E-state index in [2.05, 4.69) is 4.74 Å². The molecule has 0 amide bonds. The lowest BCUT2D eigenvalue weighted by molar-refractivity contribution is 0.0592. The highest BCUT2D eigenvalue weighted by Crippen LogP contribution is 2.27. The van der Waals surface area contributed by atoms with Crippen molar-refractivity contribution in [2.45, 2.75) is 32.6 Å². The number of carbonyl (C=O) groups is 1. The largest absolute Gasteiger partial charge is 0.465 e. The third-order valence-electron chi connectivity index (χ3n) is 2.45. The van der Waals surface area contributed by atoms with Gasteiger partial charge in [0.25, 0.3) is 10.0 Å². The number of esters is 1. The van der Waals surface area contributed by atoms with E-state index in [0.717, 1.165) is 0 Å². The predicted molar refractivity (Wildman–Crippen MR) is 70.6 cm³/mol. The van der Waals surface area contributed by atoms with Gasteiger partial charge in [-0.25, -0.2) is 13.2 Å². The maximum absolute atomic E-state index is 12.2. The average Bonchev–Trinajstić information content (AvgIpc) is 2.63. The standard InChI is InChI=1S/C12H19NO6S/c1-7(2)6-18-13-20(15,16)11-9(4)19-8(3)10(11)12(14)17-5/h7,13H,6H2,1-5H3. The number of sulfonamides is 1. The van der Waals surface area contributed by atoms with E-state index in [4.69, 9.17) is 9.25 Å². The van der Waals surface area contributed by atoms with Crippen LogP contribution in [-0.2, 0) is 19.6 Å². The number of hydrogen-bond donors (Lipinski definition) is 1. The fourth-order valence-electron chi connectivity index (χ4n) is 1.64. The van der Waals surface area contributed by atoms with Crippen molar-refractivity contribution < 1.29 is 27.2 Å². The summed E-state index contributed by atoms with van der Waals surface area (Å²) in [6, 6.07) is 0. The molecule has 0 aliphatic heterocycles. The molecule has 0 unspecified atom stereocenters. The third-order valence-corrected chi connectivity index (χ3v) is 3.81. The zero-order chi connectivity index (χ0) is 15.5. The molecule has 1 aromatic heterocycles. The number of methoxy groups -OCH3 is 1. The van der Waals surface area contributed by atoms with E-state index in [1.807, 2.05) is 18.7 Å². The Labute approximate surface area is 118 Å². The number of nitrogens with one attached hydrogen (secondary N) is 1. The van der Waals surface area contributed by atoms with Gasteiger partial charge in [-0.1, -0.05) is 18.7 Å². The summed E-state index contributed by atoms with van der Waals surface area (Å²) in [5.41, 5.74) is -0.120. The Morgan fingerprint density at radius 1 is 1.30 bits per heavy atom. The van der Waals surface area contributed by atoms with E-state index in [1.54, 1.807) is 0 Å². The summed E-state index contributed by atoms with van der Waals surface area (Å²) in [6.45, 7) is 6.91. The van der Waals surface area contributed by atoms with Gasteiger partial charge in [-0.2, -0.15) is 0 Å². The van der Waals surface area contributed by atoms with Crippen molar-refractivity contribution in [1.82, 2.24) is 4.89 Å². The van der Waals surface area contributed by atoms with Crippen LogP contribution in [0.4, 0.5) is 0 Å². The molecule has 0 aromatic carbocycles. The summed E-state index contributed by atoms with van der Waals surface area (Å²) in [4.78, 5) is 18.3. The summed E-state index contributed by atoms with van der Waals surface area (Å²) < 4.78 is 34.2. The monoisotopic (exact) mass is 305 g/mol. The molecule has 0 bridgehead atoms. The number of furan rings is 1. The van der Waals surface area contributed by atoms with Gasteiger partial charge in [0.1, 0.15) is 22.0 Å². The molecule has 0 spiro atoms. The molecule has 1 heterocycles. The molecule has 0 atom stereocenters. The zero-order valence-electron chi connectivity index (χ0n) is 12.1. The Kier molecular flexibility index (Phi) is 5.32. The number of hydrogen-bond acceptors (Lipinski definition) is 6. The van der Waals surface area contributed by atoms with E-state index in [-0.39, 0.29) is 34.5 Å². The Morgan fingerprint density at radius 3 is 2.40 bits per heavy atom. The molecule has 0 aliphatic carbocycles. The minimum Gasteiger partial charge on any atom is -0.465 e. The van der Waals surface area contributed by atoms with Gasteiger partial charge in [0, 0.05) is 0 Å². The molecule has 1 rings (SSSR count). The van der Waals surface area contributed by atoms with Crippen molar-refractivity contribution in [2.75, 3.05) is 13.7 Å². The van der Waals surface area contributed by atoms with Crippen LogP contribution >= 0.6 is 0 Å². The summed E-state index contributed by atoms with van der Waals surface area (Å²) in [6.07, 6.45) is 0. The number of rotatable bonds is 6. The molecule has 0 aliphatic rings. The SMILES string of the molecule is COC(=O)c1c(C)oc(C)c1S(=O)(=O)NOCC(C)C. The van der Waals surface area contributed by atoms with Gasteiger partial charge in [-0.05, 0) is 19.8 Å². The Morgan fingerprint density at radius 2 is 1.90 bits per heavy atom. The van der Waals surface area contributed by atoms with Gasteiger partial charge >= 0.3 is 5.97 Å². The first-order chi connectivity index (χ1) is 9.20. The van der Waals surface area contributed by atoms with Crippen LogP contribution < -0.4 is 4.89 Å². The summed E-state index contributed by atoms with van der Waals surface area (Å²) in [5, 5.41) is 0. The molecule has 0 radical (unpaired) electrons. The summed E-state index contributed by atoms with van der Waals surface area (Å²) in [5.74, 6) is -0.337. The molecule has 1 N–H and O–H groups in total. The molecule has 114 valence electrons. The fraction of sp³-hybridized carbons (Fsp3) is 0.583. The van der Waals surface area contributed by atoms with Crippen molar-refractivity contribution in [3.63, 3.8) is 0 Å². The third kappa shape index (κ3) is 3.59. The zero-order valence-corrected chi connectivity index (χ0v) is 13.0. The lowest BCUT2D eigenvalue weighted by atomic mass is 10.2. The molecule has 0 saturated heterocycles. The highest BCUT2D eigenvalue weighted by Gasteiger charge is 2.31. The minimum absolute atomic E-state index is 0.101. The van der Waals surface area contributed by atoms with Gasteiger partial charge in [-0.15, -0.1) is 0 Å². The number of aryl methyl sites for hydroxylation is 2. The number of ether oxygens (including phenoxy) is 1. The second kappa shape index (κ2) is 6.38. The molecule has 0 saturated carbocycles. The number of carbonyl (C=O) groups excluding carboxylic acids is 1. The molecular weight excluding hydrogens is 286 g/mol. The minimum atomic E-state index is -4.02. The van der Waals surface area contributed by atoms with Gasteiger partial charge in [0.2, 0.25) is 0 Å². The smallest absolute Gasteiger partial charge is 0.342 e. The lowest BCUT2D eigenvalue weighted by Crippen LogP contribution is -2.27. The van der Waals surface area contributed by atoms with Crippen LogP contribution in [0, 0.1) is 19.8 Å². The lowest BCUT2D eigenvalue weighted by Gasteiger charge is -2.09. The van der Waals surface area contributed by atoms with Crippen molar-refractivity contribution in [3.8, 4) is 0 Å². The normalized spacial score (nSPS) is 11.9. The molecule has 20 heavy (non-hydrogen) atoms. The summed E-state index contributed by atoms with van der Waals surface area (Å²) >= 11 is 0. The highest BCUT2D eigenvalue weighted by atomic mass is 32.2. The van der Waals surface area contributed by atoms with Crippen molar-refractivity contribution in [3.05, 3.63) is 17.1 Å². The maximum Gasteiger partial charge on any atom is 0.342 e. The molecule has 7 nitrogen and oxygen atoms in total. The second-order valence-corrected chi connectivity index (χ2v) is 6.28. The Bertz CT molecular complexity index is 587. The van der Waals surface area contributed by atoms with Gasteiger partial charge in [0.15, 0.2) is 0 Å². The van der Waals surface area contributed by atoms with Gasteiger partial charge < -0.3 is 9.15 Å². The Hall–Kier alpha value is -1.38. The highest BCUT2D eigenvalue weighted by molar-refractivity contribution is 7.89. The van der Waals surface area contributed by atoms with Crippen LogP contribution in [0.2, 0.25) is 0 Å². The van der Waals surface area contributed by atoms with Crippen LogP contribution in [0.25, 0.3) is 0 Å². The van der Waals surface area contributed by atoms with Crippen LogP contribution in [0.1, 0.15) is 35.7 Å². The van der Waals surface area contributed by atoms with E-state index >= 15 is 0 Å². The van der Waals surface area contributed by atoms with E-state index in [9.17, 15) is 13.2 Å². The maximum atomic E-state index is 12.2. The van der Waals surface area contributed by atoms with Crippen molar-refractivity contribution in [1.29, 1.82) is 0 Å². The van der Waals surface area contributed by atoms with E-state index in [1.165, 1.54) is 21.0 Å². The quantitative estimate of drug-likeness (QED) is 0.633. The summed E-state index contributed by atoms with van der Waals surface area (Å²) in [7, 11) is -2.85. The topological polar surface area (TPSA) is 94.8 Å². The van der Waals surface area contributed by atoms with Crippen LogP contribution in [0.3, 0.4) is 0 Å². The van der Waals surface area contributed by atoms with E-state index in [0.29, 0.717) is 0 Å². The first kappa shape index (κ1) is 16.7. The van der Waals surface area contributed by atoms with Gasteiger partial charge in [0.05, 0.1) is 13.7 Å². The van der Waals surface area contributed by atoms with Crippen LogP contribution in [-0.4, -0.2) is 28.1 Å². The molecule has 0 fully saturated rings. The second-order valence-electron chi connectivity index (χ2n) is 4.70. The molecule has 8 heteroatoms.